The molecular weight excluding hydrogens is 232 g/mol. The normalized spacial score (nSPS) is 18.3. The van der Waals surface area contributed by atoms with Gasteiger partial charge in [0, 0.05) is 24.2 Å². The van der Waals surface area contributed by atoms with Gasteiger partial charge in [-0.2, -0.15) is 0 Å². The Labute approximate surface area is 118 Å². The highest BCUT2D eigenvalue weighted by atomic mass is 15.1. The number of hydrogen-bond donors (Lipinski definition) is 1. The molecule has 0 saturated heterocycles. The maximum Gasteiger partial charge on any atom is 0.0368 e. The van der Waals surface area contributed by atoms with Crippen molar-refractivity contribution in [1.82, 2.24) is 0 Å². The fraction of sp³-hybridized carbons (Fsp3) is 0.647. The van der Waals surface area contributed by atoms with Crippen LogP contribution in [0.5, 0.6) is 0 Å². The molecule has 106 valence electrons. The van der Waals surface area contributed by atoms with Crippen molar-refractivity contribution in [2.24, 2.45) is 11.1 Å². The van der Waals surface area contributed by atoms with E-state index in [9.17, 15) is 0 Å². The Morgan fingerprint density at radius 2 is 1.95 bits per heavy atom. The summed E-state index contributed by atoms with van der Waals surface area (Å²) in [7, 11) is 0. The monoisotopic (exact) mass is 260 g/mol. The Morgan fingerprint density at radius 1 is 1.21 bits per heavy atom. The van der Waals surface area contributed by atoms with Gasteiger partial charge in [0.15, 0.2) is 0 Å². The van der Waals surface area contributed by atoms with E-state index >= 15 is 0 Å². The van der Waals surface area contributed by atoms with Gasteiger partial charge in [0.25, 0.3) is 0 Å². The molecule has 1 aromatic rings. The third-order valence-electron chi connectivity index (χ3n) is 4.62. The summed E-state index contributed by atoms with van der Waals surface area (Å²) in [5.74, 6) is 0. The second-order valence-corrected chi connectivity index (χ2v) is 6.12. The lowest BCUT2D eigenvalue weighted by Crippen LogP contribution is -2.44. The van der Waals surface area contributed by atoms with Crippen molar-refractivity contribution in [3.63, 3.8) is 0 Å². The van der Waals surface area contributed by atoms with Crippen LogP contribution in [0, 0.1) is 12.3 Å². The maximum atomic E-state index is 6.12. The van der Waals surface area contributed by atoms with Gasteiger partial charge in [-0.25, -0.2) is 0 Å². The van der Waals surface area contributed by atoms with Crippen LogP contribution in [0.25, 0.3) is 0 Å². The van der Waals surface area contributed by atoms with E-state index in [1.54, 1.807) is 0 Å². The number of hydrogen-bond acceptors (Lipinski definition) is 2. The summed E-state index contributed by atoms with van der Waals surface area (Å²) in [6.07, 6.45) is 6.68. The van der Waals surface area contributed by atoms with Gasteiger partial charge in [-0.05, 0) is 50.9 Å². The summed E-state index contributed by atoms with van der Waals surface area (Å²) in [6.45, 7) is 7.41. The van der Waals surface area contributed by atoms with Gasteiger partial charge >= 0.3 is 0 Å². The van der Waals surface area contributed by atoms with Gasteiger partial charge in [-0.1, -0.05) is 31.4 Å². The average molecular weight is 260 g/mol. The molecule has 0 unspecified atom stereocenters. The van der Waals surface area contributed by atoms with Gasteiger partial charge in [-0.15, -0.1) is 0 Å². The summed E-state index contributed by atoms with van der Waals surface area (Å²) < 4.78 is 0. The van der Waals surface area contributed by atoms with Crippen molar-refractivity contribution in [3.05, 3.63) is 29.8 Å². The largest absolute Gasteiger partial charge is 0.371 e. The molecule has 0 spiro atoms. The molecular formula is C17H28N2. The molecule has 0 bridgehead atoms. The molecule has 1 saturated carbocycles. The summed E-state index contributed by atoms with van der Waals surface area (Å²) >= 11 is 0. The predicted octanol–water partition coefficient (Wildman–Crippen LogP) is 3.73. The van der Waals surface area contributed by atoms with E-state index in [0.29, 0.717) is 5.41 Å². The molecule has 0 aromatic heterocycles. The van der Waals surface area contributed by atoms with Gasteiger partial charge in [0.2, 0.25) is 0 Å². The van der Waals surface area contributed by atoms with E-state index in [0.717, 1.165) is 19.6 Å². The highest BCUT2D eigenvalue weighted by molar-refractivity contribution is 5.48. The van der Waals surface area contributed by atoms with Crippen molar-refractivity contribution in [1.29, 1.82) is 0 Å². The van der Waals surface area contributed by atoms with Gasteiger partial charge in [0.05, 0.1) is 0 Å². The molecule has 0 heterocycles. The van der Waals surface area contributed by atoms with Gasteiger partial charge in [0.1, 0.15) is 0 Å². The summed E-state index contributed by atoms with van der Waals surface area (Å²) in [6, 6.07) is 8.83. The first kappa shape index (κ1) is 14.4. The lowest BCUT2D eigenvalue weighted by Gasteiger charge is -2.41. The van der Waals surface area contributed by atoms with Crippen LogP contribution in [-0.4, -0.2) is 19.6 Å². The Kier molecular flexibility index (Phi) is 4.87. The molecule has 0 radical (unpaired) electrons. The molecule has 0 amide bonds. The van der Waals surface area contributed by atoms with Crippen molar-refractivity contribution < 1.29 is 0 Å². The minimum Gasteiger partial charge on any atom is -0.371 e. The van der Waals surface area contributed by atoms with E-state index in [1.165, 1.54) is 43.4 Å². The maximum absolute atomic E-state index is 6.12. The highest BCUT2D eigenvalue weighted by Gasteiger charge is 2.32. The smallest absolute Gasteiger partial charge is 0.0368 e. The van der Waals surface area contributed by atoms with Crippen LogP contribution in [0.15, 0.2) is 24.3 Å². The zero-order chi connectivity index (χ0) is 13.7. The van der Waals surface area contributed by atoms with Crippen LogP contribution in [0.3, 0.4) is 0 Å². The van der Waals surface area contributed by atoms with E-state index in [-0.39, 0.29) is 0 Å². The highest BCUT2D eigenvalue weighted by Crippen LogP contribution is 2.37. The van der Waals surface area contributed by atoms with Gasteiger partial charge < -0.3 is 10.6 Å². The second kappa shape index (κ2) is 6.42. The number of aryl methyl sites for hydroxylation is 1. The molecule has 1 aromatic carbocycles. The zero-order valence-electron chi connectivity index (χ0n) is 12.5. The number of nitrogens with two attached hydrogens (primary N) is 1. The number of nitrogens with zero attached hydrogens (tertiary/aromatic N) is 1. The summed E-state index contributed by atoms with van der Waals surface area (Å²) in [5, 5.41) is 0. The minimum absolute atomic E-state index is 0.345. The predicted molar refractivity (Wildman–Crippen MR) is 83.6 cm³/mol. The quantitative estimate of drug-likeness (QED) is 0.874. The third-order valence-corrected chi connectivity index (χ3v) is 4.62. The fourth-order valence-electron chi connectivity index (χ4n) is 3.34. The topological polar surface area (TPSA) is 29.3 Å². The van der Waals surface area contributed by atoms with Crippen LogP contribution in [0.2, 0.25) is 0 Å². The molecule has 1 aliphatic rings. The van der Waals surface area contributed by atoms with Crippen molar-refractivity contribution in [2.45, 2.75) is 46.0 Å². The Hall–Kier alpha value is -1.02. The Morgan fingerprint density at radius 3 is 2.53 bits per heavy atom. The second-order valence-electron chi connectivity index (χ2n) is 6.12. The number of benzene rings is 1. The molecule has 1 aliphatic carbocycles. The summed E-state index contributed by atoms with van der Waals surface area (Å²) in [5.41, 5.74) is 9.15. The van der Waals surface area contributed by atoms with Crippen molar-refractivity contribution >= 4 is 5.69 Å². The van der Waals surface area contributed by atoms with E-state index in [4.69, 9.17) is 5.73 Å². The van der Waals surface area contributed by atoms with Crippen LogP contribution in [0.4, 0.5) is 5.69 Å². The molecule has 0 atom stereocenters. The number of rotatable bonds is 5. The first-order chi connectivity index (χ1) is 9.19. The first-order valence-corrected chi connectivity index (χ1v) is 7.71. The SMILES string of the molecule is CCN(CC1(CN)CCCCC1)c1cccc(C)c1. The van der Waals surface area contributed by atoms with Crippen LogP contribution in [0.1, 0.15) is 44.6 Å². The average Bonchev–Trinajstić information content (AvgIpc) is 2.46. The fourth-order valence-corrected chi connectivity index (χ4v) is 3.34. The molecule has 2 N–H and O–H groups in total. The Bertz CT molecular complexity index is 394. The molecule has 0 aliphatic heterocycles. The molecule has 2 rings (SSSR count). The van der Waals surface area contributed by atoms with E-state index in [2.05, 4.69) is 43.0 Å². The van der Waals surface area contributed by atoms with E-state index in [1.807, 2.05) is 0 Å². The van der Waals surface area contributed by atoms with E-state index < -0.39 is 0 Å². The van der Waals surface area contributed by atoms with Crippen LogP contribution < -0.4 is 10.6 Å². The summed E-state index contributed by atoms with van der Waals surface area (Å²) in [4.78, 5) is 2.51. The van der Waals surface area contributed by atoms with Crippen LogP contribution in [-0.2, 0) is 0 Å². The lowest BCUT2D eigenvalue weighted by molar-refractivity contribution is 0.204. The van der Waals surface area contributed by atoms with Gasteiger partial charge in [-0.3, -0.25) is 0 Å². The van der Waals surface area contributed by atoms with Crippen molar-refractivity contribution in [3.8, 4) is 0 Å². The molecule has 2 nitrogen and oxygen atoms in total. The lowest BCUT2D eigenvalue weighted by atomic mass is 9.73. The first-order valence-electron chi connectivity index (χ1n) is 7.71. The van der Waals surface area contributed by atoms with Crippen LogP contribution >= 0.6 is 0 Å². The molecule has 19 heavy (non-hydrogen) atoms. The molecule has 2 heteroatoms. The zero-order valence-corrected chi connectivity index (χ0v) is 12.5. The third kappa shape index (κ3) is 3.50. The Balaban J connectivity index is 2.13. The van der Waals surface area contributed by atoms with Crippen molar-refractivity contribution in [2.75, 3.05) is 24.5 Å². The number of anilines is 1. The standard InChI is InChI=1S/C17H28N2/c1-3-19(16-9-7-8-15(2)12-16)14-17(13-18)10-5-4-6-11-17/h7-9,12H,3-6,10-11,13-14,18H2,1-2H3. The minimum atomic E-state index is 0.345. The molecule has 1 fully saturated rings.